The fourth-order valence-electron chi connectivity index (χ4n) is 2.80. The molecule has 0 unspecified atom stereocenters. The van der Waals surface area contributed by atoms with Crippen LogP contribution in [0.3, 0.4) is 0 Å². The van der Waals surface area contributed by atoms with E-state index in [2.05, 4.69) is 20.3 Å². The lowest BCUT2D eigenvalue weighted by molar-refractivity contribution is 0.598. The van der Waals surface area contributed by atoms with Gasteiger partial charge in [0.05, 0.1) is 22.3 Å². The second kappa shape index (κ2) is 6.87. The number of fused-ring (bicyclic) bond motifs is 1. The molecule has 4 rings (SSSR count). The predicted molar refractivity (Wildman–Crippen MR) is 108 cm³/mol. The minimum atomic E-state index is -3.76. The number of rotatable bonds is 4. The number of aromatic nitrogens is 3. The first-order valence-corrected chi connectivity index (χ1v) is 9.82. The SMILES string of the molecule is Nc1ncc(-c2ccc(S(N)(=O)=O)cc2)c(Nc2cnc3ccccc3c2)n1. The monoisotopic (exact) mass is 392 g/mol. The van der Waals surface area contributed by atoms with Gasteiger partial charge in [0, 0.05) is 17.1 Å². The largest absolute Gasteiger partial charge is 0.368 e. The van der Waals surface area contributed by atoms with E-state index in [-0.39, 0.29) is 10.8 Å². The second-order valence-electron chi connectivity index (χ2n) is 6.10. The first kappa shape index (κ1) is 17.8. The summed E-state index contributed by atoms with van der Waals surface area (Å²) in [5, 5.41) is 9.35. The van der Waals surface area contributed by atoms with Gasteiger partial charge in [-0.3, -0.25) is 4.98 Å². The first-order valence-electron chi connectivity index (χ1n) is 8.28. The van der Waals surface area contributed by atoms with E-state index in [1.807, 2.05) is 30.3 Å². The van der Waals surface area contributed by atoms with Crippen molar-refractivity contribution in [2.45, 2.75) is 4.90 Å². The van der Waals surface area contributed by atoms with Crippen LogP contribution in [0.4, 0.5) is 17.5 Å². The number of pyridine rings is 1. The molecule has 2 aromatic heterocycles. The molecule has 0 amide bonds. The summed E-state index contributed by atoms with van der Waals surface area (Å²) in [7, 11) is -3.76. The fraction of sp³-hybridized carbons (Fsp3) is 0. The van der Waals surface area contributed by atoms with E-state index in [9.17, 15) is 8.42 Å². The molecule has 2 heterocycles. The van der Waals surface area contributed by atoms with Crippen LogP contribution in [-0.4, -0.2) is 23.4 Å². The molecule has 4 aromatic rings. The number of nitrogens with two attached hydrogens (primary N) is 2. The molecule has 0 saturated heterocycles. The molecule has 5 N–H and O–H groups in total. The Balaban J connectivity index is 1.74. The van der Waals surface area contributed by atoms with Gasteiger partial charge in [-0.15, -0.1) is 0 Å². The lowest BCUT2D eigenvalue weighted by atomic mass is 10.1. The Morgan fingerprint density at radius 3 is 2.43 bits per heavy atom. The van der Waals surface area contributed by atoms with E-state index < -0.39 is 10.0 Å². The van der Waals surface area contributed by atoms with Crippen LogP contribution < -0.4 is 16.2 Å². The Hall–Kier alpha value is -3.56. The third kappa shape index (κ3) is 3.61. The van der Waals surface area contributed by atoms with Crippen LogP contribution >= 0.6 is 0 Å². The van der Waals surface area contributed by atoms with Gasteiger partial charge >= 0.3 is 0 Å². The van der Waals surface area contributed by atoms with Crippen molar-refractivity contribution in [1.29, 1.82) is 0 Å². The van der Waals surface area contributed by atoms with Gasteiger partial charge in [-0.05, 0) is 29.8 Å². The van der Waals surface area contributed by atoms with Crippen LogP contribution in [0.5, 0.6) is 0 Å². The highest BCUT2D eigenvalue weighted by atomic mass is 32.2. The Bertz CT molecular complexity index is 1270. The number of nitrogens with zero attached hydrogens (tertiary/aromatic N) is 3. The number of para-hydroxylation sites is 1. The summed E-state index contributed by atoms with van der Waals surface area (Å²) in [6.45, 7) is 0. The van der Waals surface area contributed by atoms with Crippen molar-refractivity contribution >= 4 is 38.4 Å². The number of anilines is 3. The molecule has 0 aliphatic rings. The first-order chi connectivity index (χ1) is 13.4. The van der Waals surface area contributed by atoms with E-state index >= 15 is 0 Å². The third-order valence-electron chi connectivity index (χ3n) is 4.15. The number of hydrogen-bond donors (Lipinski definition) is 3. The van der Waals surface area contributed by atoms with Crippen molar-refractivity contribution in [3.8, 4) is 11.1 Å². The summed E-state index contributed by atoms with van der Waals surface area (Å²) in [6, 6.07) is 15.9. The van der Waals surface area contributed by atoms with Gasteiger partial charge in [-0.25, -0.2) is 18.5 Å². The molecule has 0 atom stereocenters. The van der Waals surface area contributed by atoms with Crippen LogP contribution in [0, 0.1) is 0 Å². The molecule has 0 spiro atoms. The Kier molecular flexibility index (Phi) is 4.38. The maximum Gasteiger partial charge on any atom is 0.238 e. The molecular formula is C19H16N6O2S. The van der Waals surface area contributed by atoms with E-state index in [1.54, 1.807) is 24.5 Å². The van der Waals surface area contributed by atoms with Crippen LogP contribution in [0.2, 0.25) is 0 Å². The Morgan fingerprint density at radius 2 is 1.68 bits per heavy atom. The number of hydrogen-bond acceptors (Lipinski definition) is 7. The quantitative estimate of drug-likeness (QED) is 0.485. The molecule has 140 valence electrons. The molecule has 9 heteroatoms. The Labute approximate surface area is 161 Å². The van der Waals surface area contributed by atoms with E-state index in [1.165, 1.54) is 12.1 Å². The summed E-state index contributed by atoms with van der Waals surface area (Å²) < 4.78 is 22.9. The molecule has 0 fully saturated rings. The lowest BCUT2D eigenvalue weighted by Crippen LogP contribution is -2.11. The van der Waals surface area contributed by atoms with E-state index in [4.69, 9.17) is 10.9 Å². The molecule has 0 saturated carbocycles. The zero-order valence-corrected chi connectivity index (χ0v) is 15.4. The molecule has 0 aliphatic heterocycles. The number of benzene rings is 2. The van der Waals surface area contributed by atoms with Crippen molar-refractivity contribution < 1.29 is 8.42 Å². The summed E-state index contributed by atoms with van der Waals surface area (Å²) >= 11 is 0. The van der Waals surface area contributed by atoms with Gasteiger partial charge < -0.3 is 11.1 Å². The molecule has 0 radical (unpaired) electrons. The lowest BCUT2D eigenvalue weighted by Gasteiger charge is -2.12. The maximum atomic E-state index is 11.5. The number of sulfonamides is 1. The minimum Gasteiger partial charge on any atom is -0.368 e. The molecule has 0 bridgehead atoms. The van der Waals surface area contributed by atoms with E-state index in [0.717, 1.165) is 16.6 Å². The number of nitrogen functional groups attached to an aromatic ring is 1. The van der Waals surface area contributed by atoms with Crippen molar-refractivity contribution in [2.75, 3.05) is 11.1 Å². The summed E-state index contributed by atoms with van der Waals surface area (Å²) in [5.74, 6) is 0.592. The Morgan fingerprint density at radius 1 is 0.929 bits per heavy atom. The fourth-order valence-corrected chi connectivity index (χ4v) is 3.32. The number of primary sulfonamides is 1. The maximum absolute atomic E-state index is 11.5. The van der Waals surface area contributed by atoms with Crippen molar-refractivity contribution in [3.63, 3.8) is 0 Å². The van der Waals surface area contributed by atoms with Crippen LogP contribution in [0.1, 0.15) is 0 Å². The minimum absolute atomic E-state index is 0.0286. The highest BCUT2D eigenvalue weighted by Gasteiger charge is 2.12. The molecular weight excluding hydrogens is 376 g/mol. The summed E-state index contributed by atoms with van der Waals surface area (Å²) in [6.07, 6.45) is 3.28. The van der Waals surface area contributed by atoms with Gasteiger partial charge in [0.15, 0.2) is 0 Å². The van der Waals surface area contributed by atoms with Gasteiger partial charge in [0.1, 0.15) is 5.82 Å². The number of nitrogens with one attached hydrogen (secondary N) is 1. The second-order valence-corrected chi connectivity index (χ2v) is 7.66. The topological polar surface area (TPSA) is 137 Å². The molecule has 8 nitrogen and oxygen atoms in total. The smallest absolute Gasteiger partial charge is 0.238 e. The standard InChI is InChI=1S/C19H16N6O2S/c20-19-23-11-16(12-5-7-15(8-6-12)28(21,26)27)18(25-19)24-14-9-13-3-1-2-4-17(13)22-10-14/h1-11H,(H2,21,26,27)(H3,20,23,24,25). The molecule has 0 aliphatic carbocycles. The van der Waals surface area contributed by atoms with E-state index in [0.29, 0.717) is 16.9 Å². The zero-order chi connectivity index (χ0) is 19.7. The summed E-state index contributed by atoms with van der Waals surface area (Å²) in [5.41, 5.74) is 8.74. The van der Waals surface area contributed by atoms with Gasteiger partial charge in [0.2, 0.25) is 16.0 Å². The van der Waals surface area contributed by atoms with Crippen LogP contribution in [0.15, 0.2) is 71.9 Å². The van der Waals surface area contributed by atoms with Gasteiger partial charge in [0.25, 0.3) is 0 Å². The zero-order valence-electron chi connectivity index (χ0n) is 14.6. The van der Waals surface area contributed by atoms with Crippen LogP contribution in [-0.2, 0) is 10.0 Å². The normalized spacial score (nSPS) is 11.5. The predicted octanol–water partition coefficient (Wildman–Crippen LogP) is 2.67. The van der Waals surface area contributed by atoms with Crippen molar-refractivity contribution in [3.05, 3.63) is 67.0 Å². The van der Waals surface area contributed by atoms with Crippen molar-refractivity contribution in [1.82, 2.24) is 15.0 Å². The third-order valence-corrected chi connectivity index (χ3v) is 5.08. The average molecular weight is 392 g/mol. The summed E-state index contributed by atoms with van der Waals surface area (Å²) in [4.78, 5) is 12.8. The molecule has 2 aromatic carbocycles. The molecule has 28 heavy (non-hydrogen) atoms. The highest BCUT2D eigenvalue weighted by Crippen LogP contribution is 2.30. The van der Waals surface area contributed by atoms with Crippen LogP contribution in [0.25, 0.3) is 22.0 Å². The van der Waals surface area contributed by atoms with Crippen molar-refractivity contribution in [2.24, 2.45) is 5.14 Å². The van der Waals surface area contributed by atoms with Gasteiger partial charge in [-0.1, -0.05) is 30.3 Å². The van der Waals surface area contributed by atoms with Gasteiger partial charge in [-0.2, -0.15) is 4.98 Å². The average Bonchev–Trinajstić information content (AvgIpc) is 2.67. The highest BCUT2D eigenvalue weighted by molar-refractivity contribution is 7.89.